The zero-order valence-corrected chi connectivity index (χ0v) is 12.0. The van der Waals surface area contributed by atoms with Gasteiger partial charge in [0.2, 0.25) is 5.96 Å². The van der Waals surface area contributed by atoms with Gasteiger partial charge in [-0.2, -0.15) is 8.42 Å². The molecule has 0 saturated heterocycles. The highest BCUT2D eigenvalue weighted by Crippen LogP contribution is 2.06. The average Bonchev–Trinajstić information content (AvgIpc) is 2.30. The molecular formula is C10H23N5O3S. The number of guanidine groups is 2. The first-order valence-electron chi connectivity index (χ1n) is 6.24. The normalized spacial score (nSPS) is 11.0. The van der Waals surface area contributed by atoms with Crippen molar-refractivity contribution in [2.24, 2.45) is 5.73 Å². The molecule has 0 saturated carbocycles. The third-order valence-corrected chi connectivity index (χ3v) is 3.40. The van der Waals surface area contributed by atoms with Gasteiger partial charge in [-0.25, -0.2) is 5.48 Å². The van der Waals surface area contributed by atoms with Crippen LogP contribution in [0.25, 0.3) is 0 Å². The number of unbranched alkanes of at least 4 members (excludes halogenated alkanes) is 5. The van der Waals surface area contributed by atoms with Crippen LogP contribution < -0.4 is 16.5 Å². The minimum absolute atomic E-state index is 0.0977. The second-order valence-electron chi connectivity index (χ2n) is 4.13. The smallest absolute Gasteiger partial charge is 0.287 e. The van der Waals surface area contributed by atoms with E-state index in [1.54, 1.807) is 0 Å². The van der Waals surface area contributed by atoms with Crippen LogP contribution >= 0.6 is 0 Å². The summed E-state index contributed by atoms with van der Waals surface area (Å²) in [6.07, 6.45) is 5.81. The molecule has 0 amide bonds. The van der Waals surface area contributed by atoms with E-state index in [9.17, 15) is 8.42 Å². The molecule has 0 unspecified atom stereocenters. The second-order valence-corrected chi connectivity index (χ2v) is 5.82. The predicted molar refractivity (Wildman–Crippen MR) is 74.2 cm³/mol. The number of hydrogen-bond donors (Lipinski definition) is 5. The summed E-state index contributed by atoms with van der Waals surface area (Å²) in [6, 6.07) is 0. The Morgan fingerprint density at radius 2 is 1.74 bits per heavy atom. The molecule has 0 fully saturated rings. The molecule has 9 heteroatoms. The summed E-state index contributed by atoms with van der Waals surface area (Å²) < 4.78 is 27.2. The van der Waals surface area contributed by atoms with Gasteiger partial charge in [0.1, 0.15) is 0 Å². The van der Waals surface area contributed by atoms with Crippen LogP contribution in [-0.4, -0.2) is 26.1 Å². The van der Waals surface area contributed by atoms with Crippen molar-refractivity contribution in [3.63, 3.8) is 0 Å². The highest BCUT2D eigenvalue weighted by Gasteiger charge is 2.12. The minimum Gasteiger partial charge on any atom is -0.370 e. The molecule has 0 aliphatic carbocycles. The lowest BCUT2D eigenvalue weighted by molar-refractivity contribution is 0.263. The van der Waals surface area contributed by atoms with E-state index in [4.69, 9.17) is 16.6 Å². The van der Waals surface area contributed by atoms with Crippen LogP contribution in [0.2, 0.25) is 0 Å². The maximum absolute atomic E-state index is 11.4. The van der Waals surface area contributed by atoms with E-state index >= 15 is 0 Å². The summed E-state index contributed by atoms with van der Waals surface area (Å²) in [5.41, 5.74) is 6.84. The molecule has 0 spiro atoms. The maximum Gasteiger partial charge on any atom is 0.287 e. The molecule has 0 aromatic heterocycles. The summed E-state index contributed by atoms with van der Waals surface area (Å²) >= 11 is 0. The highest BCUT2D eigenvalue weighted by atomic mass is 32.2. The van der Waals surface area contributed by atoms with Crippen molar-refractivity contribution in [1.29, 1.82) is 10.8 Å². The van der Waals surface area contributed by atoms with E-state index in [1.165, 1.54) is 6.42 Å². The quantitative estimate of drug-likeness (QED) is 0.182. The Hall–Kier alpha value is -1.35. The van der Waals surface area contributed by atoms with Crippen LogP contribution in [0.1, 0.15) is 45.4 Å². The molecule has 6 N–H and O–H groups in total. The highest BCUT2D eigenvalue weighted by molar-refractivity contribution is 7.86. The fourth-order valence-electron chi connectivity index (χ4n) is 1.37. The first-order chi connectivity index (χ1) is 8.87. The predicted octanol–water partition coefficient (Wildman–Crippen LogP) is 0.616. The maximum atomic E-state index is 11.4. The Kier molecular flexibility index (Phi) is 8.88. The van der Waals surface area contributed by atoms with Gasteiger partial charge in [0.25, 0.3) is 10.1 Å². The molecule has 0 atom stereocenters. The fraction of sp³-hybridized carbons (Fsp3) is 0.800. The zero-order chi connectivity index (χ0) is 14.7. The Morgan fingerprint density at radius 3 is 2.32 bits per heavy atom. The van der Waals surface area contributed by atoms with Crippen molar-refractivity contribution >= 4 is 22.0 Å². The number of hydroxylamine groups is 1. The van der Waals surface area contributed by atoms with E-state index in [1.807, 2.05) is 10.8 Å². The van der Waals surface area contributed by atoms with Gasteiger partial charge < -0.3 is 5.73 Å². The molecule has 0 aliphatic rings. The third-order valence-electron chi connectivity index (χ3n) is 2.28. The van der Waals surface area contributed by atoms with E-state index in [0.29, 0.717) is 6.42 Å². The van der Waals surface area contributed by atoms with E-state index in [-0.39, 0.29) is 5.75 Å². The molecule has 0 aliphatic heterocycles. The lowest BCUT2D eigenvalue weighted by atomic mass is 10.1. The monoisotopic (exact) mass is 293 g/mol. The van der Waals surface area contributed by atoms with E-state index in [0.717, 1.165) is 25.7 Å². The summed E-state index contributed by atoms with van der Waals surface area (Å²) in [5, 5.41) is 16.0. The van der Waals surface area contributed by atoms with Gasteiger partial charge in [-0.15, -0.1) is 4.28 Å². The van der Waals surface area contributed by atoms with Crippen LogP contribution in [-0.2, 0) is 14.4 Å². The van der Waals surface area contributed by atoms with Crippen LogP contribution in [0.3, 0.4) is 0 Å². The summed E-state index contributed by atoms with van der Waals surface area (Å²) in [6.45, 7) is 2.12. The van der Waals surface area contributed by atoms with Crippen LogP contribution in [0.5, 0.6) is 0 Å². The Labute approximate surface area is 114 Å². The van der Waals surface area contributed by atoms with Crippen LogP contribution in [0.15, 0.2) is 0 Å². The van der Waals surface area contributed by atoms with Gasteiger partial charge in [0, 0.05) is 0 Å². The number of hydrogen-bond acceptors (Lipinski definition) is 5. The Morgan fingerprint density at radius 1 is 1.16 bits per heavy atom. The standard InChI is InChI=1S/C10H23N5O3S/c1-2-3-4-5-6-7-8-19(16,17)18-15-10(13)14-9(11)12/h2-8H2,1H3,(H6,11,12,13,14,15). The van der Waals surface area contributed by atoms with Gasteiger partial charge in [-0.05, 0) is 6.42 Å². The van der Waals surface area contributed by atoms with Crippen molar-refractivity contribution < 1.29 is 12.7 Å². The molecule has 8 nitrogen and oxygen atoms in total. The van der Waals surface area contributed by atoms with E-state index < -0.39 is 22.0 Å². The van der Waals surface area contributed by atoms with Gasteiger partial charge in [0.15, 0.2) is 5.96 Å². The largest absolute Gasteiger partial charge is 0.370 e. The fourth-order valence-corrected chi connectivity index (χ4v) is 2.22. The second kappa shape index (κ2) is 9.56. The van der Waals surface area contributed by atoms with Crippen LogP contribution in [0.4, 0.5) is 0 Å². The van der Waals surface area contributed by atoms with Crippen molar-refractivity contribution in [3.05, 3.63) is 0 Å². The summed E-state index contributed by atoms with van der Waals surface area (Å²) in [5.74, 6) is -1.08. The van der Waals surface area contributed by atoms with Gasteiger partial charge in [-0.3, -0.25) is 16.1 Å². The lowest BCUT2D eigenvalue weighted by Gasteiger charge is -2.08. The first-order valence-corrected chi connectivity index (χ1v) is 7.82. The van der Waals surface area contributed by atoms with Crippen molar-refractivity contribution in [2.45, 2.75) is 45.4 Å². The zero-order valence-electron chi connectivity index (χ0n) is 11.2. The molecule has 19 heavy (non-hydrogen) atoms. The first kappa shape index (κ1) is 17.6. The topological polar surface area (TPSA) is 141 Å². The molecule has 112 valence electrons. The van der Waals surface area contributed by atoms with Gasteiger partial charge >= 0.3 is 0 Å². The average molecular weight is 293 g/mol. The lowest BCUT2D eigenvalue weighted by Crippen LogP contribution is -2.44. The Balaban J connectivity index is 3.74. The van der Waals surface area contributed by atoms with Crippen molar-refractivity contribution in [1.82, 2.24) is 10.8 Å². The molecule has 0 radical (unpaired) electrons. The third kappa shape index (κ3) is 11.5. The number of nitrogens with two attached hydrogens (primary N) is 1. The van der Waals surface area contributed by atoms with E-state index in [2.05, 4.69) is 11.2 Å². The summed E-state index contributed by atoms with van der Waals surface area (Å²) in [7, 11) is -3.71. The van der Waals surface area contributed by atoms with Gasteiger partial charge in [-0.1, -0.05) is 39.0 Å². The van der Waals surface area contributed by atoms with Crippen molar-refractivity contribution in [3.8, 4) is 0 Å². The number of nitrogens with one attached hydrogen (secondary N) is 4. The van der Waals surface area contributed by atoms with Crippen molar-refractivity contribution in [2.75, 3.05) is 5.75 Å². The van der Waals surface area contributed by atoms with Gasteiger partial charge in [0.05, 0.1) is 5.75 Å². The molecule has 0 heterocycles. The minimum atomic E-state index is -3.71. The molecule has 0 aromatic carbocycles. The Bertz CT molecular complexity index is 383. The SMILES string of the molecule is CCCCCCCCS(=O)(=O)ONC(=N)NC(=N)N. The van der Waals surface area contributed by atoms with Crippen LogP contribution in [0, 0.1) is 10.8 Å². The summed E-state index contributed by atoms with van der Waals surface area (Å²) in [4.78, 5) is 0. The molecular weight excluding hydrogens is 270 g/mol. The number of rotatable bonds is 9. The molecule has 0 rings (SSSR count). The molecule has 0 bridgehead atoms. The molecule has 0 aromatic rings.